The summed E-state index contributed by atoms with van der Waals surface area (Å²) < 4.78 is 0. The van der Waals surface area contributed by atoms with Crippen molar-refractivity contribution in [3.8, 4) is 0 Å². The highest BCUT2D eigenvalue weighted by atomic mass is 32.1. The van der Waals surface area contributed by atoms with E-state index in [1.54, 1.807) is 11.3 Å². The van der Waals surface area contributed by atoms with E-state index in [4.69, 9.17) is 5.73 Å². The molecule has 1 aromatic rings. The quantitative estimate of drug-likeness (QED) is 0.882. The second-order valence-corrected chi connectivity index (χ2v) is 5.43. The Morgan fingerprint density at radius 3 is 3.06 bits per heavy atom. The third kappa shape index (κ3) is 2.44. The van der Waals surface area contributed by atoms with Crippen molar-refractivity contribution in [1.82, 2.24) is 9.88 Å². The van der Waals surface area contributed by atoms with Gasteiger partial charge in [-0.15, -0.1) is 11.3 Å². The van der Waals surface area contributed by atoms with E-state index in [2.05, 4.69) is 22.2 Å². The van der Waals surface area contributed by atoms with Gasteiger partial charge in [0.05, 0.1) is 11.7 Å². The summed E-state index contributed by atoms with van der Waals surface area (Å²) in [6, 6.07) is 0.597. The fraction of sp³-hybridized carbons (Fsp3) is 0.750. The second-order valence-electron chi connectivity index (χ2n) is 4.54. The molecule has 4 heteroatoms. The highest BCUT2D eigenvalue weighted by Gasteiger charge is 2.25. The van der Waals surface area contributed by atoms with Crippen molar-refractivity contribution in [1.29, 1.82) is 0 Å². The van der Waals surface area contributed by atoms with Crippen LogP contribution < -0.4 is 5.73 Å². The molecule has 90 valence electrons. The molecule has 0 amide bonds. The number of hydrogen-bond acceptors (Lipinski definition) is 4. The molecule has 0 bridgehead atoms. The van der Waals surface area contributed by atoms with Crippen LogP contribution in [0.2, 0.25) is 0 Å². The zero-order valence-corrected chi connectivity index (χ0v) is 11.0. The van der Waals surface area contributed by atoms with Crippen LogP contribution in [0.4, 0.5) is 0 Å². The smallest absolute Gasteiger partial charge is 0.110 e. The molecule has 0 aliphatic carbocycles. The van der Waals surface area contributed by atoms with Crippen molar-refractivity contribution in [3.63, 3.8) is 0 Å². The minimum absolute atomic E-state index is 0.0590. The molecule has 1 aromatic heterocycles. The topological polar surface area (TPSA) is 42.2 Å². The minimum atomic E-state index is 0.0590. The Morgan fingerprint density at radius 1 is 1.62 bits per heavy atom. The highest BCUT2D eigenvalue weighted by molar-refractivity contribution is 7.09. The molecule has 2 heterocycles. The monoisotopic (exact) mass is 239 g/mol. The van der Waals surface area contributed by atoms with Crippen molar-refractivity contribution in [3.05, 3.63) is 16.1 Å². The fourth-order valence-corrected chi connectivity index (χ4v) is 3.40. The maximum Gasteiger partial charge on any atom is 0.110 e. The molecular formula is C12H21N3S. The zero-order valence-electron chi connectivity index (χ0n) is 10.1. The Kier molecular flexibility index (Phi) is 3.95. The maximum atomic E-state index is 5.85. The number of piperidine rings is 1. The number of thiazole rings is 1. The van der Waals surface area contributed by atoms with Gasteiger partial charge in [0.1, 0.15) is 5.01 Å². The Bertz CT molecular complexity index is 335. The third-order valence-corrected chi connectivity index (χ3v) is 4.28. The Morgan fingerprint density at radius 2 is 2.44 bits per heavy atom. The first-order valence-corrected chi connectivity index (χ1v) is 7.05. The van der Waals surface area contributed by atoms with Gasteiger partial charge < -0.3 is 5.73 Å². The van der Waals surface area contributed by atoms with Gasteiger partial charge in [0, 0.05) is 11.4 Å². The van der Waals surface area contributed by atoms with E-state index in [1.807, 2.05) is 6.92 Å². The zero-order chi connectivity index (χ0) is 11.5. The average molecular weight is 239 g/mol. The van der Waals surface area contributed by atoms with Crippen molar-refractivity contribution >= 4 is 11.3 Å². The van der Waals surface area contributed by atoms with E-state index in [1.165, 1.54) is 30.8 Å². The predicted molar refractivity (Wildman–Crippen MR) is 68.6 cm³/mol. The van der Waals surface area contributed by atoms with Gasteiger partial charge >= 0.3 is 0 Å². The van der Waals surface area contributed by atoms with Gasteiger partial charge in [0.15, 0.2) is 0 Å². The molecular weight excluding hydrogens is 218 g/mol. The van der Waals surface area contributed by atoms with E-state index >= 15 is 0 Å². The van der Waals surface area contributed by atoms with E-state index in [0.29, 0.717) is 6.04 Å². The largest absolute Gasteiger partial charge is 0.323 e. The third-order valence-electron chi connectivity index (χ3n) is 3.31. The molecule has 1 aliphatic rings. The Labute approximate surface area is 102 Å². The molecule has 16 heavy (non-hydrogen) atoms. The lowest BCUT2D eigenvalue weighted by Crippen LogP contribution is -2.33. The summed E-state index contributed by atoms with van der Waals surface area (Å²) in [4.78, 5) is 7.22. The van der Waals surface area contributed by atoms with Gasteiger partial charge in [-0.3, -0.25) is 4.90 Å². The summed E-state index contributed by atoms with van der Waals surface area (Å²) in [7, 11) is 0. The molecule has 1 aliphatic heterocycles. The molecule has 0 spiro atoms. The van der Waals surface area contributed by atoms with Crippen LogP contribution in [0.5, 0.6) is 0 Å². The van der Waals surface area contributed by atoms with E-state index in [0.717, 1.165) is 12.2 Å². The number of nitrogens with two attached hydrogens (primary N) is 1. The van der Waals surface area contributed by atoms with Gasteiger partial charge in [0.2, 0.25) is 0 Å². The summed E-state index contributed by atoms with van der Waals surface area (Å²) in [5, 5.41) is 3.37. The van der Waals surface area contributed by atoms with Crippen LogP contribution in [0, 0.1) is 0 Å². The molecule has 2 atom stereocenters. The van der Waals surface area contributed by atoms with Gasteiger partial charge in [-0.05, 0) is 32.9 Å². The average Bonchev–Trinajstić information content (AvgIpc) is 2.78. The standard InChI is InChI=1S/C12H21N3S/c1-3-15-7-5-4-6-11(15)12-14-10(8-16-12)9(2)13/h8-9,11H,3-7,13H2,1-2H3. The Balaban J connectivity index is 2.14. The van der Waals surface area contributed by atoms with Crippen molar-refractivity contribution < 1.29 is 0 Å². The van der Waals surface area contributed by atoms with Gasteiger partial charge in [-0.2, -0.15) is 0 Å². The molecule has 0 saturated carbocycles. The van der Waals surface area contributed by atoms with Gasteiger partial charge in [-0.1, -0.05) is 13.3 Å². The van der Waals surface area contributed by atoms with Crippen LogP contribution in [0.1, 0.15) is 55.9 Å². The van der Waals surface area contributed by atoms with Crippen LogP contribution in [0.15, 0.2) is 5.38 Å². The predicted octanol–water partition coefficient (Wildman–Crippen LogP) is 2.71. The first-order chi connectivity index (χ1) is 7.72. The van der Waals surface area contributed by atoms with Crippen molar-refractivity contribution in [2.75, 3.05) is 13.1 Å². The number of nitrogens with zero attached hydrogens (tertiary/aromatic N) is 2. The molecule has 1 fully saturated rings. The highest BCUT2D eigenvalue weighted by Crippen LogP contribution is 2.32. The summed E-state index contributed by atoms with van der Waals surface area (Å²) in [5.41, 5.74) is 6.90. The van der Waals surface area contributed by atoms with Crippen LogP contribution >= 0.6 is 11.3 Å². The molecule has 0 aromatic carbocycles. The summed E-state index contributed by atoms with van der Waals surface area (Å²) >= 11 is 1.77. The fourth-order valence-electron chi connectivity index (χ4n) is 2.31. The van der Waals surface area contributed by atoms with Gasteiger partial charge in [0.25, 0.3) is 0 Å². The van der Waals surface area contributed by atoms with Crippen LogP contribution in [-0.4, -0.2) is 23.0 Å². The number of hydrogen-bond donors (Lipinski definition) is 1. The molecule has 2 unspecified atom stereocenters. The summed E-state index contributed by atoms with van der Waals surface area (Å²) in [5.74, 6) is 0. The lowest BCUT2D eigenvalue weighted by atomic mass is 10.0. The van der Waals surface area contributed by atoms with Crippen molar-refractivity contribution in [2.24, 2.45) is 5.73 Å². The minimum Gasteiger partial charge on any atom is -0.323 e. The maximum absolute atomic E-state index is 5.85. The normalized spacial score (nSPS) is 24.6. The van der Waals surface area contributed by atoms with Gasteiger partial charge in [-0.25, -0.2) is 4.98 Å². The van der Waals surface area contributed by atoms with E-state index in [9.17, 15) is 0 Å². The molecule has 0 radical (unpaired) electrons. The Hall–Kier alpha value is -0.450. The molecule has 1 saturated heterocycles. The van der Waals surface area contributed by atoms with Crippen LogP contribution in [0.3, 0.4) is 0 Å². The summed E-state index contributed by atoms with van der Waals surface area (Å²) in [6.45, 7) is 6.57. The number of rotatable bonds is 3. The van der Waals surface area contributed by atoms with E-state index < -0.39 is 0 Å². The van der Waals surface area contributed by atoms with Crippen LogP contribution in [-0.2, 0) is 0 Å². The molecule has 2 rings (SSSR count). The summed E-state index contributed by atoms with van der Waals surface area (Å²) in [6.07, 6.45) is 3.91. The lowest BCUT2D eigenvalue weighted by Gasteiger charge is -2.33. The number of aromatic nitrogens is 1. The molecule has 2 N–H and O–H groups in total. The SMILES string of the molecule is CCN1CCCCC1c1nc(C(C)N)cs1. The lowest BCUT2D eigenvalue weighted by molar-refractivity contribution is 0.156. The first kappa shape index (κ1) is 12.0. The first-order valence-electron chi connectivity index (χ1n) is 6.17. The molecule has 3 nitrogen and oxygen atoms in total. The van der Waals surface area contributed by atoms with E-state index in [-0.39, 0.29) is 6.04 Å². The van der Waals surface area contributed by atoms with Crippen LogP contribution in [0.25, 0.3) is 0 Å². The number of likely N-dealkylation sites (tertiary alicyclic amines) is 1. The second kappa shape index (κ2) is 5.25. The van der Waals surface area contributed by atoms with Crippen molar-refractivity contribution in [2.45, 2.75) is 45.2 Å².